The first-order valence-electron chi connectivity index (χ1n) is 9.39. The van der Waals surface area contributed by atoms with Crippen LogP contribution in [0.3, 0.4) is 0 Å². The van der Waals surface area contributed by atoms with Gasteiger partial charge in [-0.3, -0.25) is 0 Å². The largest absolute Gasteiger partial charge is 0.460 e. The number of ether oxygens (including phenoxy) is 1. The van der Waals surface area contributed by atoms with Crippen molar-refractivity contribution in [1.82, 2.24) is 15.1 Å². The van der Waals surface area contributed by atoms with E-state index in [2.05, 4.69) is 44.7 Å². The molecule has 4 rings (SSSR count). The highest BCUT2D eigenvalue weighted by atomic mass is 16.5. The number of carbonyl (C=O) groups is 1. The Morgan fingerprint density at radius 3 is 2.96 bits per heavy atom. The summed E-state index contributed by atoms with van der Waals surface area (Å²) >= 11 is 0. The van der Waals surface area contributed by atoms with E-state index in [0.29, 0.717) is 18.0 Å². The summed E-state index contributed by atoms with van der Waals surface area (Å²) in [6.45, 7) is 4.00. The van der Waals surface area contributed by atoms with Crippen LogP contribution in [0.15, 0.2) is 28.8 Å². The Hall–Kier alpha value is -2.96. The van der Waals surface area contributed by atoms with Crippen LogP contribution in [0.2, 0.25) is 0 Å². The Bertz CT molecular complexity index is 983. The van der Waals surface area contributed by atoms with Crippen molar-refractivity contribution in [3.63, 3.8) is 0 Å². The van der Waals surface area contributed by atoms with Crippen molar-refractivity contribution < 1.29 is 14.1 Å². The molecule has 0 fully saturated rings. The van der Waals surface area contributed by atoms with Crippen molar-refractivity contribution >= 4 is 22.9 Å². The second kappa shape index (κ2) is 7.34. The van der Waals surface area contributed by atoms with E-state index in [4.69, 9.17) is 9.26 Å². The fourth-order valence-corrected chi connectivity index (χ4v) is 3.61. The molecule has 0 unspecified atom stereocenters. The molecule has 0 aliphatic heterocycles. The molecule has 1 atom stereocenters. The number of anilines is 1. The fourth-order valence-electron chi connectivity index (χ4n) is 3.61. The Balaban J connectivity index is 1.78. The lowest BCUT2D eigenvalue weighted by Crippen LogP contribution is -2.19. The maximum Gasteiger partial charge on any atom is 0.376 e. The lowest BCUT2D eigenvalue weighted by atomic mass is 9.88. The maximum absolute atomic E-state index is 12.2. The van der Waals surface area contributed by atoms with Crippen LogP contribution in [0.1, 0.15) is 60.2 Å². The number of carbonyl (C=O) groups excluding carboxylic acids is 1. The molecule has 0 bridgehead atoms. The van der Waals surface area contributed by atoms with Gasteiger partial charge in [-0.25, -0.2) is 9.78 Å². The van der Waals surface area contributed by atoms with Gasteiger partial charge in [-0.15, -0.1) is 0 Å². The third-order valence-corrected chi connectivity index (χ3v) is 4.88. The van der Waals surface area contributed by atoms with Gasteiger partial charge in [0.2, 0.25) is 5.82 Å². The molecule has 0 radical (unpaired) electrons. The molecule has 2 heterocycles. The molecular weight excluding hydrogens is 344 g/mol. The molecule has 7 heteroatoms. The van der Waals surface area contributed by atoms with Gasteiger partial charge in [0.1, 0.15) is 11.2 Å². The topological polar surface area (TPSA) is 90.1 Å². The maximum atomic E-state index is 12.2. The molecule has 7 nitrogen and oxygen atoms in total. The van der Waals surface area contributed by atoms with Crippen LogP contribution in [0.4, 0.5) is 5.82 Å². The molecule has 3 aromatic rings. The number of hydrogen-bond donors (Lipinski definition) is 1. The molecule has 0 amide bonds. The summed E-state index contributed by atoms with van der Waals surface area (Å²) < 4.78 is 10.4. The quantitative estimate of drug-likeness (QED) is 0.686. The molecular formula is C20H22N4O3. The zero-order chi connectivity index (χ0) is 18.8. The molecule has 140 valence electrons. The Morgan fingerprint density at radius 1 is 1.30 bits per heavy atom. The molecule has 1 aliphatic rings. The van der Waals surface area contributed by atoms with E-state index in [1.165, 1.54) is 11.1 Å². The minimum absolute atomic E-state index is 0.0188. The number of hydrogen-bond acceptors (Lipinski definition) is 7. The van der Waals surface area contributed by atoms with Gasteiger partial charge in [0, 0.05) is 0 Å². The zero-order valence-electron chi connectivity index (χ0n) is 15.5. The highest BCUT2D eigenvalue weighted by Crippen LogP contribution is 2.34. The van der Waals surface area contributed by atoms with Crippen LogP contribution in [0.25, 0.3) is 11.1 Å². The zero-order valence-corrected chi connectivity index (χ0v) is 15.5. The molecule has 0 saturated carbocycles. The SMILES string of the molecule is CCOC(=O)c1nc(N[C@H]2CCCc3ccccc32)c2c(CC)noc2n1. The van der Waals surface area contributed by atoms with Crippen molar-refractivity contribution in [3.8, 4) is 0 Å². The highest BCUT2D eigenvalue weighted by Gasteiger charge is 2.25. The predicted molar refractivity (Wildman–Crippen MR) is 101 cm³/mol. The number of esters is 1. The highest BCUT2D eigenvalue weighted by molar-refractivity contribution is 5.93. The first-order valence-corrected chi connectivity index (χ1v) is 9.39. The molecule has 0 spiro atoms. The number of benzene rings is 1. The first kappa shape index (κ1) is 17.5. The molecule has 27 heavy (non-hydrogen) atoms. The van der Waals surface area contributed by atoms with Gasteiger partial charge in [0.25, 0.3) is 5.71 Å². The van der Waals surface area contributed by atoms with Crippen molar-refractivity contribution in [3.05, 3.63) is 46.9 Å². The second-order valence-electron chi connectivity index (χ2n) is 6.57. The first-order chi connectivity index (χ1) is 13.2. The van der Waals surface area contributed by atoms with E-state index in [1.54, 1.807) is 6.92 Å². The summed E-state index contributed by atoms with van der Waals surface area (Å²) in [7, 11) is 0. The van der Waals surface area contributed by atoms with Gasteiger partial charge in [0.15, 0.2) is 0 Å². The number of fused-ring (bicyclic) bond motifs is 2. The van der Waals surface area contributed by atoms with Gasteiger partial charge < -0.3 is 14.6 Å². The third kappa shape index (κ3) is 3.25. The van der Waals surface area contributed by atoms with E-state index in [1.807, 2.05) is 6.92 Å². The summed E-state index contributed by atoms with van der Waals surface area (Å²) in [6, 6.07) is 8.54. The smallest absolute Gasteiger partial charge is 0.376 e. The fraction of sp³-hybridized carbons (Fsp3) is 0.400. The van der Waals surface area contributed by atoms with E-state index < -0.39 is 5.97 Å². The van der Waals surface area contributed by atoms with E-state index in [9.17, 15) is 4.79 Å². The third-order valence-electron chi connectivity index (χ3n) is 4.88. The average Bonchev–Trinajstić information content (AvgIpc) is 3.12. The number of aromatic nitrogens is 3. The minimum atomic E-state index is -0.569. The van der Waals surface area contributed by atoms with Crippen molar-refractivity contribution in [2.24, 2.45) is 0 Å². The van der Waals surface area contributed by atoms with Crippen molar-refractivity contribution in [2.45, 2.75) is 45.6 Å². The van der Waals surface area contributed by atoms with Gasteiger partial charge in [0.05, 0.1) is 18.3 Å². The number of aryl methyl sites for hydroxylation is 2. The van der Waals surface area contributed by atoms with Crippen molar-refractivity contribution in [1.29, 1.82) is 0 Å². The van der Waals surface area contributed by atoms with Crippen LogP contribution < -0.4 is 5.32 Å². The predicted octanol–water partition coefficient (Wildman–Crippen LogP) is 3.85. The lowest BCUT2D eigenvalue weighted by Gasteiger charge is -2.27. The molecule has 2 aromatic heterocycles. The number of nitrogens with one attached hydrogen (secondary N) is 1. The van der Waals surface area contributed by atoms with Gasteiger partial charge >= 0.3 is 5.97 Å². The summed E-state index contributed by atoms with van der Waals surface area (Å²) in [4.78, 5) is 20.8. The van der Waals surface area contributed by atoms with Gasteiger partial charge in [-0.1, -0.05) is 36.3 Å². The van der Waals surface area contributed by atoms with Crippen LogP contribution in [0, 0.1) is 0 Å². The van der Waals surface area contributed by atoms with E-state index in [0.717, 1.165) is 30.3 Å². The van der Waals surface area contributed by atoms with E-state index >= 15 is 0 Å². The van der Waals surface area contributed by atoms with Crippen LogP contribution in [-0.4, -0.2) is 27.7 Å². The molecule has 1 N–H and O–H groups in total. The van der Waals surface area contributed by atoms with Gasteiger partial charge in [-0.2, -0.15) is 4.98 Å². The monoisotopic (exact) mass is 366 g/mol. The second-order valence-corrected chi connectivity index (χ2v) is 6.57. The van der Waals surface area contributed by atoms with Crippen LogP contribution in [-0.2, 0) is 17.6 Å². The van der Waals surface area contributed by atoms with Crippen molar-refractivity contribution in [2.75, 3.05) is 11.9 Å². The Morgan fingerprint density at radius 2 is 2.15 bits per heavy atom. The van der Waals surface area contributed by atoms with Gasteiger partial charge in [-0.05, 0) is 43.7 Å². The average molecular weight is 366 g/mol. The lowest BCUT2D eigenvalue weighted by molar-refractivity contribution is 0.0512. The summed E-state index contributed by atoms with van der Waals surface area (Å²) in [5, 5.41) is 8.34. The Kier molecular flexibility index (Phi) is 4.75. The standard InChI is InChI=1S/C20H22N4O3/c1-3-14-16-17(21-15-11-7-9-12-8-5-6-10-13(12)15)22-18(20(25)26-4-2)23-19(16)27-24-14/h5-6,8,10,15H,3-4,7,9,11H2,1-2H3,(H,21,22,23)/t15-/m0/s1. The molecule has 1 aromatic carbocycles. The number of nitrogens with zero attached hydrogens (tertiary/aromatic N) is 3. The minimum Gasteiger partial charge on any atom is -0.460 e. The molecule has 1 aliphatic carbocycles. The Labute approximate surface area is 157 Å². The molecule has 0 saturated heterocycles. The summed E-state index contributed by atoms with van der Waals surface area (Å²) in [5.41, 5.74) is 3.68. The van der Waals surface area contributed by atoms with Crippen LogP contribution >= 0.6 is 0 Å². The summed E-state index contributed by atoms with van der Waals surface area (Å²) in [5.74, 6) is -0.0152. The normalized spacial score (nSPS) is 16.1. The van der Waals surface area contributed by atoms with Crippen LogP contribution in [0.5, 0.6) is 0 Å². The number of rotatable bonds is 5. The van der Waals surface area contributed by atoms with E-state index in [-0.39, 0.29) is 18.5 Å². The summed E-state index contributed by atoms with van der Waals surface area (Å²) in [6.07, 6.45) is 3.85.